The maximum absolute atomic E-state index is 12.8. The summed E-state index contributed by atoms with van der Waals surface area (Å²) in [4.78, 5) is 12.8. The summed E-state index contributed by atoms with van der Waals surface area (Å²) in [6.45, 7) is 0.671. The Balaban J connectivity index is 1.48. The smallest absolute Gasteiger partial charge is 0.229 e. The molecule has 1 unspecified atom stereocenters. The summed E-state index contributed by atoms with van der Waals surface area (Å²) in [5.41, 5.74) is -0.575. The Morgan fingerprint density at radius 2 is 1.52 bits per heavy atom. The molecular weight excluding hydrogens is 564 g/mol. The fraction of sp³-hybridized carbons (Fsp3) is 0.444. The number of ether oxygens (including phenoxy) is 4. The molecule has 10 atom stereocenters. The molecule has 0 spiro atoms. The van der Waals surface area contributed by atoms with Crippen LogP contribution in [0.2, 0.25) is 0 Å². The monoisotopic (exact) mass is 594 g/mol. The minimum absolute atomic E-state index is 0.0216. The van der Waals surface area contributed by atoms with Crippen molar-refractivity contribution in [1.82, 2.24) is 0 Å². The van der Waals surface area contributed by atoms with E-state index < -0.39 is 84.9 Å². The van der Waals surface area contributed by atoms with Gasteiger partial charge in [-0.25, -0.2) is 0 Å². The molecule has 5 rings (SSSR count). The van der Waals surface area contributed by atoms with Crippen LogP contribution in [0.15, 0.2) is 45.6 Å². The van der Waals surface area contributed by atoms with E-state index in [1.165, 1.54) is 25.1 Å². The summed E-state index contributed by atoms with van der Waals surface area (Å²) in [6, 6.07) is 7.08. The first-order chi connectivity index (χ1) is 19.9. The van der Waals surface area contributed by atoms with Crippen molar-refractivity contribution in [1.29, 1.82) is 0 Å². The molecule has 2 aliphatic heterocycles. The first-order valence-electron chi connectivity index (χ1n) is 12.9. The molecule has 1 aromatic heterocycles. The molecule has 2 saturated heterocycles. The molecule has 15 heteroatoms. The van der Waals surface area contributed by atoms with Crippen LogP contribution in [0, 0.1) is 0 Å². The van der Waals surface area contributed by atoms with Crippen LogP contribution >= 0.6 is 0 Å². The number of aliphatic hydroxyl groups is 6. The second-order valence-corrected chi connectivity index (χ2v) is 10.1. The standard InChI is InChI=1S/C27H30O15/c1-9-20(33)22(35)24(37)26(38-9)42-25-23(36)21(34)18(8-28)41-27(25)39-11-5-14(31)19-15(32)7-16(40-17(19)6-11)10-2-3-12(29)13(30)4-10/h2-7,9,18,20-31,33-37H,8H2,1H3/t9-,18+,20-,21+,22+,23-,24+,25+,26-,27?/m1/s1. The number of fused-ring (bicyclic) bond motifs is 1. The number of rotatable bonds is 6. The van der Waals surface area contributed by atoms with Gasteiger partial charge >= 0.3 is 0 Å². The van der Waals surface area contributed by atoms with Gasteiger partial charge in [0.2, 0.25) is 6.29 Å². The number of benzene rings is 2. The Labute approximate surface area is 236 Å². The van der Waals surface area contributed by atoms with E-state index in [0.717, 1.165) is 18.2 Å². The largest absolute Gasteiger partial charge is 0.507 e. The van der Waals surface area contributed by atoms with Crippen molar-refractivity contribution in [2.24, 2.45) is 0 Å². The predicted octanol–water partition coefficient (Wildman–Crippen LogP) is -1.39. The summed E-state index contributed by atoms with van der Waals surface area (Å²) in [6.07, 6.45) is -15.5. The number of aromatic hydroxyl groups is 3. The highest BCUT2D eigenvalue weighted by Crippen LogP contribution is 2.36. The Kier molecular flexibility index (Phi) is 8.30. The zero-order chi connectivity index (χ0) is 30.5. The minimum Gasteiger partial charge on any atom is -0.507 e. The second kappa shape index (κ2) is 11.6. The van der Waals surface area contributed by atoms with Gasteiger partial charge in [0.25, 0.3) is 0 Å². The van der Waals surface area contributed by atoms with Gasteiger partial charge in [0.15, 0.2) is 29.3 Å². The van der Waals surface area contributed by atoms with Crippen LogP contribution in [-0.4, -0.2) is 114 Å². The maximum Gasteiger partial charge on any atom is 0.229 e. The zero-order valence-corrected chi connectivity index (χ0v) is 21.9. The molecular formula is C27H30O15. The summed E-state index contributed by atoms with van der Waals surface area (Å²) in [5.74, 6) is -1.60. The first kappa shape index (κ1) is 30.0. The van der Waals surface area contributed by atoms with Gasteiger partial charge in [0.1, 0.15) is 64.9 Å². The van der Waals surface area contributed by atoms with Gasteiger partial charge in [-0.05, 0) is 25.1 Å². The molecule has 3 aromatic rings. The van der Waals surface area contributed by atoms with Gasteiger partial charge in [-0.2, -0.15) is 0 Å². The number of phenols is 3. The summed E-state index contributed by atoms with van der Waals surface area (Å²) in [5, 5.41) is 91.2. The molecule has 0 amide bonds. The van der Waals surface area contributed by atoms with Crippen molar-refractivity contribution in [2.75, 3.05) is 6.61 Å². The van der Waals surface area contributed by atoms with Crippen molar-refractivity contribution in [3.63, 3.8) is 0 Å². The lowest BCUT2D eigenvalue weighted by Gasteiger charge is -2.45. The molecule has 0 aliphatic carbocycles. The lowest BCUT2D eigenvalue weighted by Crippen LogP contribution is -2.64. The van der Waals surface area contributed by atoms with Crippen LogP contribution in [0.1, 0.15) is 6.92 Å². The van der Waals surface area contributed by atoms with Gasteiger partial charge in [-0.1, -0.05) is 0 Å². The van der Waals surface area contributed by atoms with Crippen molar-refractivity contribution < 1.29 is 69.3 Å². The van der Waals surface area contributed by atoms with E-state index in [0.29, 0.717) is 0 Å². The molecule has 2 fully saturated rings. The number of hydrogen-bond donors (Lipinski definition) is 9. The predicted molar refractivity (Wildman–Crippen MR) is 139 cm³/mol. The van der Waals surface area contributed by atoms with E-state index in [9.17, 15) is 50.8 Å². The zero-order valence-electron chi connectivity index (χ0n) is 21.9. The van der Waals surface area contributed by atoms with E-state index in [4.69, 9.17) is 23.4 Å². The van der Waals surface area contributed by atoms with Gasteiger partial charge < -0.3 is 69.3 Å². The van der Waals surface area contributed by atoms with Crippen molar-refractivity contribution in [2.45, 2.75) is 68.3 Å². The third-order valence-electron chi connectivity index (χ3n) is 7.22. The molecule has 2 aromatic carbocycles. The van der Waals surface area contributed by atoms with Gasteiger partial charge in [0, 0.05) is 23.8 Å². The Morgan fingerprint density at radius 1 is 0.786 bits per heavy atom. The number of aliphatic hydroxyl groups excluding tert-OH is 6. The van der Waals surface area contributed by atoms with Crippen molar-refractivity contribution in [3.05, 3.63) is 46.6 Å². The molecule has 3 heterocycles. The minimum atomic E-state index is -1.78. The second-order valence-electron chi connectivity index (χ2n) is 10.1. The third kappa shape index (κ3) is 5.49. The summed E-state index contributed by atoms with van der Waals surface area (Å²) < 4.78 is 28.3. The van der Waals surface area contributed by atoms with E-state index in [-0.39, 0.29) is 33.8 Å². The van der Waals surface area contributed by atoms with E-state index in [1.54, 1.807) is 0 Å². The molecule has 0 bridgehead atoms. The van der Waals surface area contributed by atoms with E-state index in [1.807, 2.05) is 0 Å². The lowest BCUT2D eigenvalue weighted by molar-refractivity contribution is -0.354. The van der Waals surface area contributed by atoms with Crippen LogP contribution in [0.3, 0.4) is 0 Å². The third-order valence-corrected chi connectivity index (χ3v) is 7.22. The highest BCUT2D eigenvalue weighted by atomic mass is 16.8. The number of phenolic OH excluding ortho intramolecular Hbond substituents is 3. The molecule has 0 radical (unpaired) electrons. The molecule has 2 aliphatic rings. The Bertz CT molecular complexity index is 1490. The normalized spacial score (nSPS) is 33.5. The van der Waals surface area contributed by atoms with E-state index in [2.05, 4.69) is 0 Å². The molecule has 228 valence electrons. The highest BCUT2D eigenvalue weighted by Gasteiger charge is 2.50. The summed E-state index contributed by atoms with van der Waals surface area (Å²) in [7, 11) is 0. The van der Waals surface area contributed by atoms with Gasteiger partial charge in [-0.3, -0.25) is 4.79 Å². The fourth-order valence-corrected chi connectivity index (χ4v) is 4.84. The maximum atomic E-state index is 12.8. The van der Waals surface area contributed by atoms with Crippen LogP contribution in [0.5, 0.6) is 23.0 Å². The Morgan fingerprint density at radius 3 is 2.21 bits per heavy atom. The average molecular weight is 595 g/mol. The topological polar surface area (TPSA) is 249 Å². The quantitative estimate of drug-likeness (QED) is 0.149. The Hall–Kier alpha value is -3.51. The highest BCUT2D eigenvalue weighted by molar-refractivity contribution is 5.86. The van der Waals surface area contributed by atoms with E-state index >= 15 is 0 Å². The van der Waals surface area contributed by atoms with Crippen molar-refractivity contribution in [3.8, 4) is 34.3 Å². The van der Waals surface area contributed by atoms with Crippen LogP contribution in [0.25, 0.3) is 22.3 Å². The number of hydrogen-bond acceptors (Lipinski definition) is 15. The lowest BCUT2D eigenvalue weighted by atomic mass is 9.97. The first-order valence-corrected chi connectivity index (χ1v) is 12.9. The van der Waals surface area contributed by atoms with Gasteiger partial charge in [0.05, 0.1) is 12.7 Å². The average Bonchev–Trinajstić information content (AvgIpc) is 2.95. The van der Waals surface area contributed by atoms with Crippen LogP contribution in [0.4, 0.5) is 0 Å². The molecule has 9 N–H and O–H groups in total. The fourth-order valence-electron chi connectivity index (χ4n) is 4.84. The molecule has 15 nitrogen and oxygen atoms in total. The van der Waals surface area contributed by atoms with Crippen LogP contribution < -0.4 is 10.2 Å². The van der Waals surface area contributed by atoms with Crippen LogP contribution in [-0.2, 0) is 14.2 Å². The summed E-state index contributed by atoms with van der Waals surface area (Å²) >= 11 is 0. The molecule has 0 saturated carbocycles. The van der Waals surface area contributed by atoms with Crippen molar-refractivity contribution >= 4 is 11.0 Å². The van der Waals surface area contributed by atoms with Gasteiger partial charge in [-0.15, -0.1) is 0 Å². The molecule has 42 heavy (non-hydrogen) atoms. The SMILES string of the molecule is C[C@H]1O[C@H](O[C@@H]2C(Oc3cc(O)c4c(=O)cc(-c5ccc(O)c(O)c5)oc4c3)O[C@@H](CO)[C@H](O)[C@H]2O)[C@@H](O)[C@@H](O)[C@@H]1O.